The van der Waals surface area contributed by atoms with E-state index in [0.29, 0.717) is 24.4 Å². The third-order valence-corrected chi connectivity index (χ3v) is 5.04. The fourth-order valence-electron chi connectivity index (χ4n) is 3.29. The number of hydrogen-bond donors (Lipinski definition) is 2. The highest BCUT2D eigenvalue weighted by atomic mass is 16.5. The van der Waals surface area contributed by atoms with Crippen LogP contribution in [-0.2, 0) is 16.1 Å². The molecule has 1 saturated heterocycles. The summed E-state index contributed by atoms with van der Waals surface area (Å²) in [5, 5.41) is 14.8. The molecule has 0 aromatic heterocycles. The van der Waals surface area contributed by atoms with E-state index in [1.54, 1.807) is 27.4 Å². The van der Waals surface area contributed by atoms with Crippen molar-refractivity contribution in [1.29, 1.82) is 0 Å². The monoisotopic (exact) mass is 460 g/mol. The van der Waals surface area contributed by atoms with Crippen LogP contribution in [0.5, 0.6) is 17.2 Å². The summed E-state index contributed by atoms with van der Waals surface area (Å²) < 4.78 is 16.0. The molecule has 10 heteroatoms. The van der Waals surface area contributed by atoms with E-state index in [9.17, 15) is 4.79 Å². The molecule has 0 atom stereocenters. The lowest BCUT2D eigenvalue weighted by atomic mass is 10.1. The minimum Gasteiger partial charge on any atom is -0.497 e. The Morgan fingerprint density at radius 1 is 0.818 bits per heavy atom. The standard InChI is InChI=1S/C21H26N2O4.C2H2O4/c1-25-18-6-4-5-16(13-18)21(24)23-11-9-22(10-12-23)15-17-14-19(26-2)7-8-20(17)27-3;3-1(4)2(5)6/h4-8,13-14H,9-12,15H2,1-3H3;(H,3,4)(H,5,6). The number of aliphatic carboxylic acids is 2. The van der Waals surface area contributed by atoms with Crippen LogP contribution < -0.4 is 14.2 Å². The largest absolute Gasteiger partial charge is 0.497 e. The topological polar surface area (TPSA) is 126 Å². The van der Waals surface area contributed by atoms with Gasteiger partial charge in [0.05, 0.1) is 21.3 Å². The summed E-state index contributed by atoms with van der Waals surface area (Å²) in [5.41, 5.74) is 1.75. The Balaban J connectivity index is 0.000000569. The molecule has 3 rings (SSSR count). The third-order valence-electron chi connectivity index (χ3n) is 5.04. The van der Waals surface area contributed by atoms with E-state index in [0.717, 1.165) is 36.7 Å². The van der Waals surface area contributed by atoms with Crippen LogP contribution in [-0.4, -0.2) is 85.4 Å². The lowest BCUT2D eigenvalue weighted by Crippen LogP contribution is -2.48. The van der Waals surface area contributed by atoms with Gasteiger partial charge in [0.15, 0.2) is 0 Å². The highest BCUT2D eigenvalue weighted by Crippen LogP contribution is 2.26. The maximum absolute atomic E-state index is 12.7. The van der Waals surface area contributed by atoms with Gasteiger partial charge in [0.2, 0.25) is 0 Å². The van der Waals surface area contributed by atoms with Gasteiger partial charge in [0, 0.05) is 43.9 Å². The summed E-state index contributed by atoms with van der Waals surface area (Å²) in [6, 6.07) is 13.1. The molecule has 10 nitrogen and oxygen atoms in total. The zero-order valence-electron chi connectivity index (χ0n) is 18.8. The maximum atomic E-state index is 12.7. The van der Waals surface area contributed by atoms with Crippen molar-refractivity contribution >= 4 is 17.8 Å². The van der Waals surface area contributed by atoms with Gasteiger partial charge in [-0.2, -0.15) is 0 Å². The van der Waals surface area contributed by atoms with E-state index < -0.39 is 11.9 Å². The first-order chi connectivity index (χ1) is 15.8. The van der Waals surface area contributed by atoms with Gasteiger partial charge in [-0.25, -0.2) is 9.59 Å². The molecule has 2 aromatic rings. The van der Waals surface area contributed by atoms with Gasteiger partial charge in [0.1, 0.15) is 17.2 Å². The number of benzene rings is 2. The van der Waals surface area contributed by atoms with E-state index in [1.165, 1.54) is 0 Å². The Hall–Kier alpha value is -3.79. The van der Waals surface area contributed by atoms with Crippen molar-refractivity contribution in [3.63, 3.8) is 0 Å². The molecule has 1 aliphatic heterocycles. The molecule has 178 valence electrons. The zero-order valence-corrected chi connectivity index (χ0v) is 18.8. The van der Waals surface area contributed by atoms with Crippen molar-refractivity contribution in [2.75, 3.05) is 47.5 Å². The minimum atomic E-state index is -1.82. The summed E-state index contributed by atoms with van der Waals surface area (Å²) in [5.74, 6) is -1.23. The third kappa shape index (κ3) is 7.39. The predicted molar refractivity (Wildman–Crippen MR) is 119 cm³/mol. The second-order valence-corrected chi connectivity index (χ2v) is 7.09. The number of carboxylic acid groups (broad SMARTS) is 2. The van der Waals surface area contributed by atoms with Crippen LogP contribution in [0.2, 0.25) is 0 Å². The van der Waals surface area contributed by atoms with Crippen LogP contribution in [0.4, 0.5) is 0 Å². The summed E-state index contributed by atoms with van der Waals surface area (Å²) in [7, 11) is 4.94. The summed E-state index contributed by atoms with van der Waals surface area (Å²) in [6.07, 6.45) is 0. The molecule has 33 heavy (non-hydrogen) atoms. The van der Waals surface area contributed by atoms with Crippen LogP contribution in [0.25, 0.3) is 0 Å². The number of carboxylic acids is 2. The second-order valence-electron chi connectivity index (χ2n) is 7.09. The molecule has 0 saturated carbocycles. The quantitative estimate of drug-likeness (QED) is 0.621. The molecule has 1 amide bonds. The first kappa shape index (κ1) is 25.5. The Morgan fingerprint density at radius 3 is 1.97 bits per heavy atom. The van der Waals surface area contributed by atoms with Crippen molar-refractivity contribution in [2.45, 2.75) is 6.54 Å². The minimum absolute atomic E-state index is 0.0486. The highest BCUT2D eigenvalue weighted by Gasteiger charge is 2.23. The Kier molecular flexibility index (Phi) is 9.49. The second kappa shape index (κ2) is 12.3. The van der Waals surface area contributed by atoms with Crippen molar-refractivity contribution in [3.05, 3.63) is 53.6 Å². The lowest BCUT2D eigenvalue weighted by molar-refractivity contribution is -0.159. The van der Waals surface area contributed by atoms with Gasteiger partial charge in [-0.15, -0.1) is 0 Å². The first-order valence-corrected chi connectivity index (χ1v) is 10.1. The Morgan fingerprint density at radius 2 is 1.42 bits per heavy atom. The van der Waals surface area contributed by atoms with Gasteiger partial charge in [-0.05, 0) is 36.4 Å². The Labute approximate surface area is 191 Å². The van der Waals surface area contributed by atoms with E-state index >= 15 is 0 Å². The van der Waals surface area contributed by atoms with Crippen molar-refractivity contribution in [3.8, 4) is 17.2 Å². The van der Waals surface area contributed by atoms with Gasteiger partial charge >= 0.3 is 11.9 Å². The van der Waals surface area contributed by atoms with Crippen LogP contribution >= 0.6 is 0 Å². The molecule has 0 bridgehead atoms. The molecule has 2 N–H and O–H groups in total. The van der Waals surface area contributed by atoms with Crippen molar-refractivity contribution < 1.29 is 38.8 Å². The van der Waals surface area contributed by atoms with E-state index in [2.05, 4.69) is 4.90 Å². The van der Waals surface area contributed by atoms with E-state index in [-0.39, 0.29) is 5.91 Å². The smallest absolute Gasteiger partial charge is 0.414 e. The summed E-state index contributed by atoms with van der Waals surface area (Å²) in [6.45, 7) is 3.79. The molecule has 0 aliphatic carbocycles. The van der Waals surface area contributed by atoms with Crippen LogP contribution in [0.3, 0.4) is 0 Å². The zero-order chi connectivity index (χ0) is 24.4. The fraction of sp³-hybridized carbons (Fsp3) is 0.348. The molecule has 0 radical (unpaired) electrons. The average Bonchev–Trinajstić information content (AvgIpc) is 2.84. The highest BCUT2D eigenvalue weighted by molar-refractivity contribution is 6.27. The predicted octanol–water partition coefficient (Wildman–Crippen LogP) is 1.83. The molecule has 1 aliphatic rings. The number of carbonyl (C=O) groups is 3. The number of rotatable bonds is 6. The van der Waals surface area contributed by atoms with Gasteiger partial charge in [-0.3, -0.25) is 9.69 Å². The number of hydrogen-bond acceptors (Lipinski definition) is 7. The van der Waals surface area contributed by atoms with Crippen LogP contribution in [0.15, 0.2) is 42.5 Å². The molecule has 1 fully saturated rings. The normalized spacial score (nSPS) is 13.4. The molecule has 1 heterocycles. The number of methoxy groups -OCH3 is 3. The summed E-state index contributed by atoms with van der Waals surface area (Å²) in [4.78, 5) is 35.2. The maximum Gasteiger partial charge on any atom is 0.414 e. The SMILES string of the molecule is COc1cccc(C(=O)N2CCN(Cc3cc(OC)ccc3OC)CC2)c1.O=C(O)C(=O)O. The Bertz CT molecular complexity index is 959. The van der Waals surface area contributed by atoms with Gasteiger partial charge in [-0.1, -0.05) is 6.07 Å². The van der Waals surface area contributed by atoms with Gasteiger partial charge in [0.25, 0.3) is 5.91 Å². The van der Waals surface area contributed by atoms with E-state index in [1.807, 2.05) is 41.3 Å². The molecular weight excluding hydrogens is 432 g/mol. The molecular formula is C23H28N2O8. The number of ether oxygens (including phenoxy) is 3. The number of carbonyl (C=O) groups excluding carboxylic acids is 1. The summed E-state index contributed by atoms with van der Waals surface area (Å²) >= 11 is 0. The number of piperazine rings is 1. The van der Waals surface area contributed by atoms with Crippen LogP contribution in [0, 0.1) is 0 Å². The average molecular weight is 460 g/mol. The van der Waals surface area contributed by atoms with Crippen LogP contribution in [0.1, 0.15) is 15.9 Å². The van der Waals surface area contributed by atoms with Crippen molar-refractivity contribution in [2.24, 2.45) is 0 Å². The fourth-order valence-corrected chi connectivity index (χ4v) is 3.29. The first-order valence-electron chi connectivity index (χ1n) is 10.1. The molecule has 0 spiro atoms. The van der Waals surface area contributed by atoms with E-state index in [4.69, 9.17) is 34.0 Å². The number of amides is 1. The molecule has 0 unspecified atom stereocenters. The number of nitrogens with zero attached hydrogens (tertiary/aromatic N) is 2. The van der Waals surface area contributed by atoms with Crippen molar-refractivity contribution in [1.82, 2.24) is 9.80 Å². The molecule has 2 aromatic carbocycles. The van der Waals surface area contributed by atoms with Gasteiger partial charge < -0.3 is 29.3 Å². The lowest BCUT2D eigenvalue weighted by Gasteiger charge is -2.35.